The predicted octanol–water partition coefficient (Wildman–Crippen LogP) is 1.91. The highest BCUT2D eigenvalue weighted by Crippen LogP contribution is 2.22. The third-order valence-corrected chi connectivity index (χ3v) is 4.05. The Kier molecular flexibility index (Phi) is 3.80. The van der Waals surface area contributed by atoms with Gasteiger partial charge in [0.2, 0.25) is 0 Å². The fraction of sp³-hybridized carbons (Fsp3) is 0.667. The largest absolute Gasteiger partial charge is 0.352 e. The summed E-state index contributed by atoms with van der Waals surface area (Å²) in [6.07, 6.45) is 4.53. The number of hydrogen-bond donors (Lipinski definition) is 1. The zero-order valence-corrected chi connectivity index (χ0v) is 13.1. The third-order valence-electron chi connectivity index (χ3n) is 4.05. The van der Waals surface area contributed by atoms with Gasteiger partial charge in [-0.05, 0) is 18.4 Å². The van der Waals surface area contributed by atoms with Crippen molar-refractivity contribution in [3.05, 3.63) is 12.7 Å². The number of fused-ring (bicyclic) bond motifs is 1. The Morgan fingerprint density at radius 1 is 1.10 bits per heavy atom. The summed E-state index contributed by atoms with van der Waals surface area (Å²) in [5, 5.41) is 0. The van der Waals surface area contributed by atoms with Crippen LogP contribution in [0, 0.1) is 5.41 Å². The average Bonchev–Trinajstić information content (AvgIpc) is 2.93. The van der Waals surface area contributed by atoms with Gasteiger partial charge in [-0.15, -0.1) is 0 Å². The van der Waals surface area contributed by atoms with Crippen molar-refractivity contribution >= 4 is 17.0 Å². The summed E-state index contributed by atoms with van der Waals surface area (Å²) >= 11 is 0. The van der Waals surface area contributed by atoms with Crippen LogP contribution in [-0.4, -0.2) is 57.6 Å². The maximum Gasteiger partial charge on any atom is 0.182 e. The molecule has 0 atom stereocenters. The molecule has 114 valence electrons. The molecule has 1 saturated heterocycles. The summed E-state index contributed by atoms with van der Waals surface area (Å²) in [5.41, 5.74) is 2.10. The summed E-state index contributed by atoms with van der Waals surface area (Å²) in [4.78, 5) is 20.8. The molecule has 6 nitrogen and oxygen atoms in total. The molecule has 6 heteroatoms. The Morgan fingerprint density at radius 2 is 1.86 bits per heavy atom. The van der Waals surface area contributed by atoms with E-state index in [2.05, 4.69) is 50.5 Å². The molecule has 0 saturated carbocycles. The molecule has 0 aliphatic carbocycles. The average molecular weight is 288 g/mol. The second kappa shape index (κ2) is 5.60. The maximum atomic E-state index is 4.44. The highest BCUT2D eigenvalue weighted by molar-refractivity contribution is 5.82. The molecule has 0 bridgehead atoms. The Balaban J connectivity index is 1.62. The van der Waals surface area contributed by atoms with Gasteiger partial charge in [-0.1, -0.05) is 20.8 Å². The Morgan fingerprint density at radius 3 is 2.57 bits per heavy atom. The van der Waals surface area contributed by atoms with Gasteiger partial charge >= 0.3 is 0 Å². The molecule has 3 rings (SSSR count). The summed E-state index contributed by atoms with van der Waals surface area (Å²) in [5.74, 6) is 0.980. The fourth-order valence-electron chi connectivity index (χ4n) is 2.67. The molecule has 1 N–H and O–H groups in total. The van der Waals surface area contributed by atoms with E-state index in [-0.39, 0.29) is 0 Å². The molecule has 2 aromatic rings. The van der Waals surface area contributed by atoms with Crippen molar-refractivity contribution in [2.45, 2.75) is 27.2 Å². The second-order valence-electron chi connectivity index (χ2n) is 6.94. The van der Waals surface area contributed by atoms with Gasteiger partial charge in [-0.25, -0.2) is 15.0 Å². The van der Waals surface area contributed by atoms with Gasteiger partial charge in [0.05, 0.1) is 6.33 Å². The van der Waals surface area contributed by atoms with Gasteiger partial charge in [-0.3, -0.25) is 4.90 Å². The smallest absolute Gasteiger partial charge is 0.182 e. The second-order valence-corrected chi connectivity index (χ2v) is 6.94. The van der Waals surface area contributed by atoms with Crippen molar-refractivity contribution in [2.24, 2.45) is 5.41 Å². The van der Waals surface area contributed by atoms with Gasteiger partial charge in [0.25, 0.3) is 0 Å². The topological polar surface area (TPSA) is 60.9 Å². The number of hydrogen-bond acceptors (Lipinski definition) is 5. The summed E-state index contributed by atoms with van der Waals surface area (Å²) in [6, 6.07) is 0. The van der Waals surface area contributed by atoms with Gasteiger partial charge in [0.15, 0.2) is 11.5 Å². The normalized spacial score (nSPS) is 17.6. The van der Waals surface area contributed by atoms with Crippen LogP contribution in [0.4, 0.5) is 5.82 Å². The lowest BCUT2D eigenvalue weighted by atomic mass is 9.92. The Labute approximate surface area is 125 Å². The maximum absolute atomic E-state index is 4.44. The van der Waals surface area contributed by atoms with Gasteiger partial charge < -0.3 is 9.88 Å². The van der Waals surface area contributed by atoms with Crippen molar-refractivity contribution in [3.8, 4) is 0 Å². The highest BCUT2D eigenvalue weighted by atomic mass is 15.3. The number of aromatic amines is 1. The van der Waals surface area contributed by atoms with E-state index >= 15 is 0 Å². The lowest BCUT2D eigenvalue weighted by Crippen LogP contribution is -2.47. The molecule has 21 heavy (non-hydrogen) atoms. The minimum Gasteiger partial charge on any atom is -0.352 e. The van der Waals surface area contributed by atoms with Crippen molar-refractivity contribution in [2.75, 3.05) is 37.6 Å². The van der Waals surface area contributed by atoms with Gasteiger partial charge in [0.1, 0.15) is 11.8 Å². The van der Waals surface area contributed by atoms with Crippen molar-refractivity contribution in [3.63, 3.8) is 0 Å². The molecule has 2 aromatic heterocycles. The van der Waals surface area contributed by atoms with Crippen LogP contribution >= 0.6 is 0 Å². The number of aromatic nitrogens is 4. The van der Waals surface area contributed by atoms with E-state index in [0.717, 1.165) is 43.2 Å². The zero-order chi connectivity index (χ0) is 14.9. The van der Waals surface area contributed by atoms with Gasteiger partial charge in [0, 0.05) is 26.2 Å². The van der Waals surface area contributed by atoms with E-state index in [1.807, 2.05) is 0 Å². The molecule has 0 unspecified atom stereocenters. The molecule has 0 radical (unpaired) electrons. The molecule has 0 spiro atoms. The first-order valence-electron chi connectivity index (χ1n) is 7.64. The van der Waals surface area contributed by atoms with E-state index in [4.69, 9.17) is 0 Å². The standard InChI is InChI=1S/C15H24N6/c1-15(2,3)4-5-20-6-8-21(9-7-20)14-12-13(17-10-16-12)18-11-19-14/h10-11H,4-9H2,1-3H3,(H,16,17,18,19). The van der Waals surface area contributed by atoms with Crippen LogP contribution in [-0.2, 0) is 0 Å². The number of nitrogens with zero attached hydrogens (tertiary/aromatic N) is 5. The van der Waals surface area contributed by atoms with Crippen molar-refractivity contribution in [1.29, 1.82) is 0 Å². The number of imidazole rings is 1. The number of rotatable bonds is 3. The minimum atomic E-state index is 0.409. The number of nitrogens with one attached hydrogen (secondary N) is 1. The summed E-state index contributed by atoms with van der Waals surface area (Å²) in [7, 11) is 0. The van der Waals surface area contributed by atoms with E-state index < -0.39 is 0 Å². The monoisotopic (exact) mass is 288 g/mol. The van der Waals surface area contributed by atoms with Crippen LogP contribution in [0.1, 0.15) is 27.2 Å². The molecule has 1 aliphatic rings. The van der Waals surface area contributed by atoms with Crippen LogP contribution in [0.3, 0.4) is 0 Å². The lowest BCUT2D eigenvalue weighted by Gasteiger charge is -2.36. The molecule has 0 aromatic carbocycles. The first-order valence-corrected chi connectivity index (χ1v) is 7.64. The predicted molar refractivity (Wildman–Crippen MR) is 84.4 cm³/mol. The number of H-pyrrole nitrogens is 1. The molecule has 0 amide bonds. The SMILES string of the molecule is CC(C)(C)CCN1CCN(c2ncnc3nc[nH]c23)CC1. The van der Waals surface area contributed by atoms with Crippen molar-refractivity contribution in [1.82, 2.24) is 24.8 Å². The highest BCUT2D eigenvalue weighted by Gasteiger charge is 2.21. The molecule has 1 fully saturated rings. The summed E-state index contributed by atoms with van der Waals surface area (Å²) in [6.45, 7) is 12.3. The van der Waals surface area contributed by atoms with E-state index in [1.54, 1.807) is 12.7 Å². The van der Waals surface area contributed by atoms with Crippen LogP contribution in [0.25, 0.3) is 11.2 Å². The number of anilines is 1. The molecular weight excluding hydrogens is 264 g/mol. The van der Waals surface area contributed by atoms with Crippen LogP contribution < -0.4 is 4.90 Å². The first kappa shape index (κ1) is 14.3. The van der Waals surface area contributed by atoms with Crippen LogP contribution in [0.5, 0.6) is 0 Å². The Bertz CT molecular complexity index is 591. The minimum absolute atomic E-state index is 0.409. The Hall–Kier alpha value is -1.69. The van der Waals surface area contributed by atoms with Crippen molar-refractivity contribution < 1.29 is 0 Å². The van der Waals surface area contributed by atoms with E-state index in [1.165, 1.54) is 13.0 Å². The van der Waals surface area contributed by atoms with Crippen LogP contribution in [0.15, 0.2) is 12.7 Å². The van der Waals surface area contributed by atoms with Gasteiger partial charge in [-0.2, -0.15) is 0 Å². The number of piperazine rings is 1. The quantitative estimate of drug-likeness (QED) is 0.935. The zero-order valence-electron chi connectivity index (χ0n) is 13.1. The first-order chi connectivity index (χ1) is 10.0. The van der Waals surface area contributed by atoms with E-state index in [9.17, 15) is 0 Å². The molecule has 1 aliphatic heterocycles. The fourth-order valence-corrected chi connectivity index (χ4v) is 2.67. The molecule has 3 heterocycles. The lowest BCUT2D eigenvalue weighted by molar-refractivity contribution is 0.217. The third kappa shape index (κ3) is 3.32. The molecular formula is C15H24N6. The summed E-state index contributed by atoms with van der Waals surface area (Å²) < 4.78 is 0. The van der Waals surface area contributed by atoms with Crippen LogP contribution in [0.2, 0.25) is 0 Å². The van der Waals surface area contributed by atoms with E-state index in [0.29, 0.717) is 5.41 Å².